The number of fused-ring (bicyclic) bond motifs is 1. The lowest BCUT2D eigenvalue weighted by Crippen LogP contribution is -2.03. The topological polar surface area (TPSA) is 42.0 Å². The minimum atomic E-state index is -0.0733. The van der Waals surface area contributed by atoms with Crippen LogP contribution in [0, 0.1) is 0 Å². The zero-order valence-corrected chi connectivity index (χ0v) is 7.41. The number of aromatic nitrogens is 1. The van der Waals surface area contributed by atoms with E-state index >= 15 is 0 Å². The second-order valence-electron chi connectivity index (χ2n) is 2.48. The molecule has 1 aliphatic heterocycles. The van der Waals surface area contributed by atoms with E-state index in [-0.39, 0.29) is 17.5 Å². The van der Waals surface area contributed by atoms with Gasteiger partial charge in [0, 0.05) is 0 Å². The van der Waals surface area contributed by atoms with Gasteiger partial charge in [0.05, 0.1) is 22.8 Å². The number of pyridine rings is 1. The average Bonchev–Trinajstić information content (AvgIpc) is 2.30. The first-order chi connectivity index (χ1) is 5.66. The smallest absolute Gasteiger partial charge is 0.230 e. The molecule has 1 N–H and O–H groups in total. The molecule has 0 unspecified atom stereocenters. The van der Waals surface area contributed by atoms with Gasteiger partial charge in [-0.25, -0.2) is 4.98 Å². The summed E-state index contributed by atoms with van der Waals surface area (Å²) in [5.41, 5.74) is 1.32. The third-order valence-electron chi connectivity index (χ3n) is 1.61. The third kappa shape index (κ3) is 1.15. The molecule has 0 radical (unpaired) electrons. The van der Waals surface area contributed by atoms with Crippen LogP contribution in [0.3, 0.4) is 0 Å². The Morgan fingerprint density at radius 3 is 3.00 bits per heavy atom. The van der Waals surface area contributed by atoms with E-state index in [9.17, 15) is 4.79 Å². The van der Waals surface area contributed by atoms with Gasteiger partial charge in [-0.2, -0.15) is 0 Å². The van der Waals surface area contributed by atoms with E-state index in [0.717, 1.165) is 0 Å². The molecule has 0 aromatic carbocycles. The van der Waals surface area contributed by atoms with Crippen molar-refractivity contribution in [3.05, 3.63) is 21.9 Å². The highest BCUT2D eigenvalue weighted by atomic mass is 35.5. The normalized spacial score (nSPS) is 14.3. The van der Waals surface area contributed by atoms with Gasteiger partial charge in [-0.05, 0) is 6.07 Å². The van der Waals surface area contributed by atoms with Gasteiger partial charge in [0.25, 0.3) is 0 Å². The van der Waals surface area contributed by atoms with E-state index in [1.54, 1.807) is 6.07 Å². The highest BCUT2D eigenvalue weighted by Crippen LogP contribution is 2.29. The lowest BCUT2D eigenvalue weighted by molar-refractivity contribution is -0.115. The molecule has 0 spiro atoms. The van der Waals surface area contributed by atoms with Crippen LogP contribution < -0.4 is 5.32 Å². The molecule has 1 amide bonds. The number of amides is 1. The van der Waals surface area contributed by atoms with Gasteiger partial charge in [-0.15, -0.1) is 0 Å². The van der Waals surface area contributed by atoms with Crippen molar-refractivity contribution in [2.75, 3.05) is 5.32 Å². The van der Waals surface area contributed by atoms with Gasteiger partial charge < -0.3 is 5.32 Å². The van der Waals surface area contributed by atoms with E-state index in [1.165, 1.54) is 0 Å². The summed E-state index contributed by atoms with van der Waals surface area (Å²) in [6, 6.07) is 1.61. The number of rotatable bonds is 0. The Kier molecular flexibility index (Phi) is 1.70. The maximum atomic E-state index is 10.9. The van der Waals surface area contributed by atoms with Gasteiger partial charge in [-0.3, -0.25) is 4.79 Å². The molecule has 0 aliphatic carbocycles. The summed E-state index contributed by atoms with van der Waals surface area (Å²) in [7, 11) is 0. The number of anilines is 1. The number of halogens is 2. The number of hydrogen-bond acceptors (Lipinski definition) is 2. The highest BCUT2D eigenvalue weighted by molar-refractivity contribution is 6.41. The van der Waals surface area contributed by atoms with Crippen molar-refractivity contribution in [1.82, 2.24) is 4.98 Å². The number of nitrogens with one attached hydrogen (secondary N) is 1. The first-order valence-electron chi connectivity index (χ1n) is 3.31. The minimum absolute atomic E-state index is 0.0733. The quantitative estimate of drug-likeness (QED) is 0.654. The first-order valence-corrected chi connectivity index (χ1v) is 4.07. The zero-order valence-electron chi connectivity index (χ0n) is 5.90. The molecular formula is C7H4Cl2N2O. The summed E-state index contributed by atoms with van der Waals surface area (Å²) in [5, 5.41) is 3.22. The van der Waals surface area contributed by atoms with Gasteiger partial charge in [-0.1, -0.05) is 23.2 Å². The highest BCUT2D eigenvalue weighted by Gasteiger charge is 2.20. The minimum Gasteiger partial charge on any atom is -0.324 e. The van der Waals surface area contributed by atoms with Crippen molar-refractivity contribution in [2.45, 2.75) is 6.42 Å². The van der Waals surface area contributed by atoms with Crippen molar-refractivity contribution in [1.29, 1.82) is 0 Å². The Bertz CT molecular complexity index is 332. The van der Waals surface area contributed by atoms with E-state index in [2.05, 4.69) is 10.3 Å². The molecule has 62 valence electrons. The molecule has 0 bridgehead atoms. The molecule has 3 nitrogen and oxygen atoms in total. The summed E-state index contributed by atoms with van der Waals surface area (Å²) >= 11 is 11.4. The number of hydrogen-bond donors (Lipinski definition) is 1. The molecule has 1 aromatic rings. The van der Waals surface area contributed by atoms with Crippen LogP contribution in [-0.4, -0.2) is 10.9 Å². The Labute approximate surface area is 78.7 Å². The third-order valence-corrected chi connectivity index (χ3v) is 2.29. The van der Waals surface area contributed by atoms with Crippen LogP contribution >= 0.6 is 23.2 Å². The Morgan fingerprint density at radius 1 is 1.50 bits per heavy atom. The van der Waals surface area contributed by atoms with E-state index in [0.29, 0.717) is 16.4 Å². The Hall–Kier alpha value is -0.800. The van der Waals surface area contributed by atoms with Gasteiger partial charge >= 0.3 is 0 Å². The van der Waals surface area contributed by atoms with Gasteiger partial charge in [0.15, 0.2) is 0 Å². The number of carbonyl (C=O) groups is 1. The standard InChI is InChI=1S/C7H4Cl2N2O/c8-3-1-4-5(11-7(3)9)2-6(12)10-4/h1H,2H2,(H,10,12). The number of nitrogens with zero attached hydrogens (tertiary/aromatic N) is 1. The number of carbonyl (C=O) groups excluding carboxylic acids is 1. The maximum Gasteiger partial charge on any atom is 0.230 e. The molecule has 1 aliphatic rings. The fourth-order valence-corrected chi connectivity index (χ4v) is 1.40. The lowest BCUT2D eigenvalue weighted by Gasteiger charge is -1.99. The lowest BCUT2D eigenvalue weighted by atomic mass is 10.3. The maximum absolute atomic E-state index is 10.9. The molecule has 0 saturated heterocycles. The van der Waals surface area contributed by atoms with Crippen LogP contribution in [0.4, 0.5) is 5.69 Å². The van der Waals surface area contributed by atoms with Crippen LogP contribution in [-0.2, 0) is 11.2 Å². The predicted octanol–water partition coefficient (Wildman–Crippen LogP) is 1.88. The van der Waals surface area contributed by atoms with Gasteiger partial charge in [0.1, 0.15) is 5.15 Å². The van der Waals surface area contributed by atoms with Crippen molar-refractivity contribution in [2.24, 2.45) is 0 Å². The van der Waals surface area contributed by atoms with Crippen LogP contribution in [0.25, 0.3) is 0 Å². The summed E-state index contributed by atoms with van der Waals surface area (Å²) in [6.45, 7) is 0. The summed E-state index contributed by atoms with van der Waals surface area (Å²) in [5.74, 6) is -0.0733. The fraction of sp³-hybridized carbons (Fsp3) is 0.143. The Morgan fingerprint density at radius 2 is 2.25 bits per heavy atom. The first kappa shape index (κ1) is 7.83. The molecule has 0 saturated carbocycles. The zero-order chi connectivity index (χ0) is 8.72. The summed E-state index contributed by atoms with van der Waals surface area (Å²) < 4.78 is 0. The van der Waals surface area contributed by atoms with E-state index < -0.39 is 0 Å². The van der Waals surface area contributed by atoms with Crippen molar-refractivity contribution in [3.63, 3.8) is 0 Å². The van der Waals surface area contributed by atoms with Crippen molar-refractivity contribution in [3.8, 4) is 0 Å². The molecule has 12 heavy (non-hydrogen) atoms. The largest absolute Gasteiger partial charge is 0.324 e. The van der Waals surface area contributed by atoms with Crippen LogP contribution in [0.5, 0.6) is 0 Å². The second-order valence-corrected chi connectivity index (χ2v) is 3.25. The molecular weight excluding hydrogens is 199 g/mol. The molecule has 2 heterocycles. The Balaban J connectivity index is 2.55. The predicted molar refractivity (Wildman–Crippen MR) is 46.6 cm³/mol. The van der Waals surface area contributed by atoms with E-state index in [1.807, 2.05) is 0 Å². The second kappa shape index (κ2) is 2.61. The van der Waals surface area contributed by atoms with E-state index in [4.69, 9.17) is 23.2 Å². The van der Waals surface area contributed by atoms with Crippen LogP contribution in [0.15, 0.2) is 6.07 Å². The van der Waals surface area contributed by atoms with Crippen molar-refractivity contribution >= 4 is 34.8 Å². The SMILES string of the molecule is O=C1Cc2nc(Cl)c(Cl)cc2N1. The monoisotopic (exact) mass is 202 g/mol. The van der Waals surface area contributed by atoms with Crippen LogP contribution in [0.2, 0.25) is 10.2 Å². The molecule has 5 heteroatoms. The molecule has 2 rings (SSSR count). The molecule has 0 atom stereocenters. The summed E-state index contributed by atoms with van der Waals surface area (Å²) in [6.07, 6.45) is 0.284. The van der Waals surface area contributed by atoms with Crippen LogP contribution in [0.1, 0.15) is 5.69 Å². The molecule has 1 aromatic heterocycles. The summed E-state index contributed by atoms with van der Waals surface area (Å²) in [4.78, 5) is 14.8. The fourth-order valence-electron chi connectivity index (χ4n) is 1.09. The molecule has 0 fully saturated rings. The van der Waals surface area contributed by atoms with Gasteiger partial charge in [0.2, 0.25) is 5.91 Å². The average molecular weight is 203 g/mol. The van der Waals surface area contributed by atoms with Crippen molar-refractivity contribution < 1.29 is 4.79 Å².